The lowest BCUT2D eigenvalue weighted by Gasteiger charge is -2.26. The van der Waals surface area contributed by atoms with Gasteiger partial charge in [-0.1, -0.05) is 6.07 Å². The van der Waals surface area contributed by atoms with Crippen LogP contribution in [0.25, 0.3) is 0 Å². The van der Waals surface area contributed by atoms with Crippen molar-refractivity contribution in [2.24, 2.45) is 0 Å². The van der Waals surface area contributed by atoms with Crippen LogP contribution in [0, 0.1) is 0 Å². The van der Waals surface area contributed by atoms with Gasteiger partial charge < -0.3 is 15.4 Å². The van der Waals surface area contributed by atoms with Crippen molar-refractivity contribution >= 4 is 21.6 Å². The average molecular weight is 339 g/mol. The van der Waals surface area contributed by atoms with Gasteiger partial charge in [0.15, 0.2) is 0 Å². The van der Waals surface area contributed by atoms with E-state index in [0.29, 0.717) is 32.0 Å². The van der Waals surface area contributed by atoms with Gasteiger partial charge in [-0.25, -0.2) is 8.42 Å². The Bertz CT molecular complexity index is 665. The lowest BCUT2D eigenvalue weighted by Crippen LogP contribution is -2.40. The van der Waals surface area contributed by atoms with Crippen LogP contribution in [0.2, 0.25) is 0 Å². The molecule has 8 heteroatoms. The largest absolute Gasteiger partial charge is 0.379 e. The van der Waals surface area contributed by atoms with Crippen molar-refractivity contribution < 1.29 is 17.9 Å². The zero-order valence-electron chi connectivity index (χ0n) is 12.8. The summed E-state index contributed by atoms with van der Waals surface area (Å²) in [7, 11) is -3.55. The monoisotopic (exact) mass is 339 g/mol. The van der Waals surface area contributed by atoms with Gasteiger partial charge in [-0.05, 0) is 37.6 Å². The molecule has 2 aliphatic heterocycles. The highest BCUT2D eigenvalue weighted by Gasteiger charge is 2.27. The minimum absolute atomic E-state index is 0.122. The number of benzene rings is 1. The Kier molecular flexibility index (Phi) is 4.96. The number of carbonyl (C=O) groups excluding carboxylic acids is 1. The van der Waals surface area contributed by atoms with Crippen molar-refractivity contribution in [1.82, 2.24) is 9.62 Å². The zero-order valence-corrected chi connectivity index (χ0v) is 13.6. The SMILES string of the molecule is O=C(Nc1cccc(S(=O)(=O)N2CCOCC2)c1)C1CCCN1. The molecule has 0 spiro atoms. The second-order valence-corrected chi connectivity index (χ2v) is 7.62. The van der Waals surface area contributed by atoms with Crippen molar-refractivity contribution in [2.45, 2.75) is 23.8 Å². The summed E-state index contributed by atoms with van der Waals surface area (Å²) in [4.78, 5) is 12.3. The first-order valence-electron chi connectivity index (χ1n) is 7.79. The Morgan fingerprint density at radius 1 is 1.30 bits per heavy atom. The maximum atomic E-state index is 12.6. The van der Waals surface area contributed by atoms with E-state index in [-0.39, 0.29) is 16.8 Å². The molecule has 7 nitrogen and oxygen atoms in total. The van der Waals surface area contributed by atoms with Crippen molar-refractivity contribution in [3.8, 4) is 0 Å². The lowest BCUT2D eigenvalue weighted by atomic mass is 10.2. The maximum Gasteiger partial charge on any atom is 0.243 e. The Balaban J connectivity index is 1.75. The molecule has 2 heterocycles. The van der Waals surface area contributed by atoms with Gasteiger partial charge in [0.1, 0.15) is 0 Å². The van der Waals surface area contributed by atoms with Crippen LogP contribution >= 0.6 is 0 Å². The second kappa shape index (κ2) is 6.96. The van der Waals surface area contributed by atoms with Crippen LogP contribution in [0.1, 0.15) is 12.8 Å². The van der Waals surface area contributed by atoms with Crippen LogP contribution in [-0.4, -0.2) is 57.5 Å². The lowest BCUT2D eigenvalue weighted by molar-refractivity contribution is -0.117. The normalized spacial score (nSPS) is 22.9. The number of amides is 1. The molecule has 23 heavy (non-hydrogen) atoms. The van der Waals surface area contributed by atoms with Crippen molar-refractivity contribution in [3.63, 3.8) is 0 Å². The van der Waals surface area contributed by atoms with E-state index in [4.69, 9.17) is 4.74 Å². The second-order valence-electron chi connectivity index (χ2n) is 5.68. The summed E-state index contributed by atoms with van der Waals surface area (Å²) in [5.74, 6) is -0.122. The molecule has 1 atom stereocenters. The molecular formula is C15H21N3O4S. The highest BCUT2D eigenvalue weighted by molar-refractivity contribution is 7.89. The fourth-order valence-electron chi connectivity index (χ4n) is 2.81. The first-order chi connectivity index (χ1) is 11.1. The summed E-state index contributed by atoms with van der Waals surface area (Å²) in [5.41, 5.74) is 0.498. The standard InChI is InChI=1S/C15H21N3O4S/c19-15(14-5-2-6-16-14)17-12-3-1-4-13(11-12)23(20,21)18-7-9-22-10-8-18/h1,3-4,11,14,16H,2,5-10H2,(H,17,19). The van der Waals surface area contributed by atoms with E-state index in [2.05, 4.69) is 10.6 Å². The number of nitrogens with zero attached hydrogens (tertiary/aromatic N) is 1. The van der Waals surface area contributed by atoms with E-state index < -0.39 is 10.0 Å². The number of ether oxygens (including phenoxy) is 1. The van der Waals surface area contributed by atoms with E-state index in [0.717, 1.165) is 19.4 Å². The Morgan fingerprint density at radius 2 is 2.09 bits per heavy atom. The molecular weight excluding hydrogens is 318 g/mol. The number of sulfonamides is 1. The maximum absolute atomic E-state index is 12.6. The highest BCUT2D eigenvalue weighted by atomic mass is 32.2. The highest BCUT2D eigenvalue weighted by Crippen LogP contribution is 2.21. The third-order valence-corrected chi connectivity index (χ3v) is 5.98. The molecule has 0 aliphatic carbocycles. The van der Waals surface area contributed by atoms with Gasteiger partial charge in [0, 0.05) is 18.8 Å². The zero-order chi connectivity index (χ0) is 16.3. The van der Waals surface area contributed by atoms with Crippen LogP contribution in [0.4, 0.5) is 5.69 Å². The number of rotatable bonds is 4. The number of hydrogen-bond acceptors (Lipinski definition) is 5. The number of hydrogen-bond donors (Lipinski definition) is 2. The number of carbonyl (C=O) groups is 1. The van der Waals surface area contributed by atoms with Crippen LogP contribution in [0.3, 0.4) is 0 Å². The number of nitrogens with one attached hydrogen (secondary N) is 2. The van der Waals surface area contributed by atoms with Crippen molar-refractivity contribution in [1.29, 1.82) is 0 Å². The fraction of sp³-hybridized carbons (Fsp3) is 0.533. The van der Waals surface area contributed by atoms with Crippen molar-refractivity contribution in [3.05, 3.63) is 24.3 Å². The van der Waals surface area contributed by atoms with Gasteiger partial charge in [-0.2, -0.15) is 4.31 Å². The van der Waals surface area contributed by atoms with Crippen LogP contribution in [0.15, 0.2) is 29.2 Å². The molecule has 2 aliphatic rings. The first-order valence-corrected chi connectivity index (χ1v) is 9.23. The van der Waals surface area contributed by atoms with E-state index >= 15 is 0 Å². The Hall–Kier alpha value is -1.48. The Morgan fingerprint density at radius 3 is 2.78 bits per heavy atom. The minimum atomic E-state index is -3.55. The van der Waals surface area contributed by atoms with Gasteiger partial charge >= 0.3 is 0 Å². The first kappa shape index (κ1) is 16.4. The van der Waals surface area contributed by atoms with E-state index in [1.165, 1.54) is 10.4 Å². The molecule has 2 N–H and O–H groups in total. The molecule has 0 saturated carbocycles. The van der Waals surface area contributed by atoms with E-state index in [1.54, 1.807) is 18.2 Å². The number of morpholine rings is 1. The quantitative estimate of drug-likeness (QED) is 0.829. The molecule has 2 fully saturated rings. The molecule has 1 aromatic carbocycles. The summed E-state index contributed by atoms with van der Waals surface area (Å²) in [6.45, 7) is 2.35. The van der Waals surface area contributed by atoms with Gasteiger partial charge in [0.2, 0.25) is 15.9 Å². The summed E-state index contributed by atoms with van der Waals surface area (Å²) < 4.78 is 31.9. The molecule has 0 radical (unpaired) electrons. The van der Waals surface area contributed by atoms with Gasteiger partial charge in [0.25, 0.3) is 0 Å². The van der Waals surface area contributed by atoms with Crippen LogP contribution < -0.4 is 10.6 Å². The summed E-state index contributed by atoms with van der Waals surface area (Å²) >= 11 is 0. The molecule has 3 rings (SSSR count). The summed E-state index contributed by atoms with van der Waals surface area (Å²) in [5, 5.41) is 5.91. The van der Waals surface area contributed by atoms with E-state index in [1.807, 2.05) is 0 Å². The topological polar surface area (TPSA) is 87.7 Å². The van der Waals surface area contributed by atoms with Gasteiger partial charge in [-0.15, -0.1) is 0 Å². The molecule has 1 aromatic rings. The average Bonchev–Trinajstić information content (AvgIpc) is 3.10. The molecule has 1 amide bonds. The van der Waals surface area contributed by atoms with Crippen LogP contribution in [-0.2, 0) is 19.6 Å². The molecule has 1 unspecified atom stereocenters. The predicted molar refractivity (Wildman–Crippen MR) is 85.7 cm³/mol. The van der Waals surface area contributed by atoms with Gasteiger partial charge in [-0.3, -0.25) is 4.79 Å². The molecule has 2 saturated heterocycles. The predicted octanol–water partition coefficient (Wildman–Crippen LogP) is 0.398. The van der Waals surface area contributed by atoms with Crippen LogP contribution in [0.5, 0.6) is 0 Å². The smallest absolute Gasteiger partial charge is 0.243 e. The van der Waals surface area contributed by atoms with Crippen molar-refractivity contribution in [2.75, 3.05) is 38.2 Å². The molecule has 0 bridgehead atoms. The Labute approximate surface area is 136 Å². The third-order valence-electron chi connectivity index (χ3n) is 4.09. The molecule has 126 valence electrons. The third kappa shape index (κ3) is 3.72. The van der Waals surface area contributed by atoms with E-state index in [9.17, 15) is 13.2 Å². The van der Waals surface area contributed by atoms with Gasteiger partial charge in [0.05, 0.1) is 24.2 Å². The molecule has 0 aromatic heterocycles. The summed E-state index contributed by atoms with van der Waals surface area (Å²) in [6.07, 6.45) is 1.78. The minimum Gasteiger partial charge on any atom is -0.379 e. The number of anilines is 1. The summed E-state index contributed by atoms with van der Waals surface area (Å²) in [6, 6.07) is 6.21. The fourth-order valence-corrected chi connectivity index (χ4v) is 4.26.